The summed E-state index contributed by atoms with van der Waals surface area (Å²) in [5.74, 6) is 1.61. The van der Waals surface area contributed by atoms with Crippen molar-refractivity contribution in [2.75, 3.05) is 33.0 Å². The van der Waals surface area contributed by atoms with Gasteiger partial charge in [0, 0.05) is 26.3 Å². The number of sulfone groups is 1. The van der Waals surface area contributed by atoms with Gasteiger partial charge >= 0.3 is 0 Å². The normalized spacial score (nSPS) is 18.1. The molecule has 2 aromatic rings. The maximum atomic E-state index is 12.2. The molecule has 1 aliphatic heterocycles. The zero-order valence-corrected chi connectivity index (χ0v) is 20.3. The summed E-state index contributed by atoms with van der Waals surface area (Å²) in [6.07, 6.45) is 1.90. The average Bonchev–Trinajstić information content (AvgIpc) is 3.14. The molecular formula is C19H28IN5O3S. The van der Waals surface area contributed by atoms with Crippen molar-refractivity contribution in [2.45, 2.75) is 25.1 Å². The van der Waals surface area contributed by atoms with Crippen LogP contribution in [0, 0.1) is 0 Å². The summed E-state index contributed by atoms with van der Waals surface area (Å²) in [7, 11) is 0.256. The zero-order valence-electron chi connectivity index (χ0n) is 17.1. The van der Waals surface area contributed by atoms with E-state index in [4.69, 9.17) is 4.74 Å². The summed E-state index contributed by atoms with van der Waals surface area (Å²) < 4.78 is 30.6. The lowest BCUT2D eigenvalue weighted by atomic mass is 10.2. The van der Waals surface area contributed by atoms with Crippen LogP contribution in [0.25, 0.3) is 5.69 Å². The molecule has 1 fully saturated rings. The van der Waals surface area contributed by atoms with Gasteiger partial charge in [-0.15, -0.1) is 24.0 Å². The Bertz CT molecular complexity index is 954. The molecule has 1 aromatic heterocycles. The number of aromatic nitrogens is 2. The number of ether oxygens (including phenoxy) is 1. The van der Waals surface area contributed by atoms with Gasteiger partial charge in [0.2, 0.25) is 0 Å². The number of guanidine groups is 1. The van der Waals surface area contributed by atoms with Gasteiger partial charge < -0.3 is 15.0 Å². The first-order valence-corrected chi connectivity index (χ1v) is 10.8. The van der Waals surface area contributed by atoms with E-state index in [2.05, 4.69) is 15.4 Å². The van der Waals surface area contributed by atoms with Crippen LogP contribution in [0.1, 0.15) is 19.5 Å². The van der Waals surface area contributed by atoms with Crippen molar-refractivity contribution in [1.29, 1.82) is 0 Å². The van der Waals surface area contributed by atoms with Gasteiger partial charge in [-0.05, 0) is 44.2 Å². The molecule has 1 aliphatic rings. The third-order valence-corrected chi connectivity index (χ3v) is 7.50. The summed E-state index contributed by atoms with van der Waals surface area (Å²) in [4.78, 5) is 6.30. The summed E-state index contributed by atoms with van der Waals surface area (Å²) in [6, 6.07) is 9.61. The molecule has 1 aromatic carbocycles. The molecule has 0 aliphatic carbocycles. The molecule has 29 heavy (non-hydrogen) atoms. The Morgan fingerprint density at radius 3 is 2.55 bits per heavy atom. The molecule has 0 amide bonds. The highest BCUT2D eigenvalue weighted by molar-refractivity contribution is 14.0. The Morgan fingerprint density at radius 2 is 1.97 bits per heavy atom. The van der Waals surface area contributed by atoms with E-state index >= 15 is 0 Å². The highest BCUT2D eigenvalue weighted by Crippen LogP contribution is 2.23. The number of hydrogen-bond acceptors (Lipinski definition) is 5. The third-order valence-electron chi connectivity index (χ3n) is 4.96. The average molecular weight is 533 g/mol. The van der Waals surface area contributed by atoms with Crippen LogP contribution < -0.4 is 10.1 Å². The quantitative estimate of drug-likeness (QED) is 0.368. The minimum atomic E-state index is -3.08. The van der Waals surface area contributed by atoms with E-state index in [1.807, 2.05) is 41.4 Å². The van der Waals surface area contributed by atoms with Gasteiger partial charge in [-0.25, -0.2) is 13.1 Å². The van der Waals surface area contributed by atoms with Crippen molar-refractivity contribution in [2.24, 2.45) is 4.99 Å². The number of hydrogen-bond donors (Lipinski definition) is 1. The maximum Gasteiger partial charge on any atom is 0.194 e. The Balaban J connectivity index is 0.00000300. The van der Waals surface area contributed by atoms with Crippen molar-refractivity contribution in [3.8, 4) is 11.4 Å². The van der Waals surface area contributed by atoms with E-state index in [0.717, 1.165) is 17.1 Å². The van der Waals surface area contributed by atoms with Gasteiger partial charge in [-0.1, -0.05) is 0 Å². The first-order valence-electron chi connectivity index (χ1n) is 9.12. The number of nitrogens with one attached hydrogen (secondary N) is 1. The molecule has 8 nitrogen and oxygen atoms in total. The Kier molecular flexibility index (Phi) is 7.55. The van der Waals surface area contributed by atoms with Crippen LogP contribution in [0.3, 0.4) is 0 Å². The molecule has 10 heteroatoms. The fourth-order valence-corrected chi connectivity index (χ4v) is 4.53. The van der Waals surface area contributed by atoms with Gasteiger partial charge in [0.15, 0.2) is 15.8 Å². The van der Waals surface area contributed by atoms with E-state index in [0.29, 0.717) is 25.6 Å². The maximum absolute atomic E-state index is 12.2. The number of halogens is 1. The predicted octanol–water partition coefficient (Wildman–Crippen LogP) is 2.08. The Hall–Kier alpha value is -1.82. The highest BCUT2D eigenvalue weighted by Gasteiger charge is 2.40. The van der Waals surface area contributed by atoms with E-state index in [9.17, 15) is 8.42 Å². The van der Waals surface area contributed by atoms with Gasteiger partial charge in [-0.3, -0.25) is 4.99 Å². The van der Waals surface area contributed by atoms with Crippen LogP contribution in [0.5, 0.6) is 5.75 Å². The number of methoxy groups -OCH3 is 1. The van der Waals surface area contributed by atoms with E-state index in [-0.39, 0.29) is 29.7 Å². The molecule has 160 valence electrons. The van der Waals surface area contributed by atoms with E-state index < -0.39 is 14.6 Å². The molecule has 1 N–H and O–H groups in total. The number of benzene rings is 1. The second kappa shape index (κ2) is 9.33. The number of nitrogens with zero attached hydrogens (tertiary/aromatic N) is 4. The molecule has 1 saturated heterocycles. The molecule has 2 heterocycles. The standard InChI is InChI=1S/C19H27N5O3S.HI/c1-19(2)14-23(11-12-28(19,25)26)18(20-3)21-13-15-9-10-24(22-15)16-5-7-17(27-4)8-6-16;/h5-10H,11-14H2,1-4H3,(H,20,21);1H. The van der Waals surface area contributed by atoms with Crippen LogP contribution in [0.15, 0.2) is 41.5 Å². The Labute approximate surface area is 189 Å². The van der Waals surface area contributed by atoms with Crippen molar-refractivity contribution >= 4 is 39.8 Å². The lowest BCUT2D eigenvalue weighted by Crippen LogP contribution is -2.57. The van der Waals surface area contributed by atoms with Crippen LogP contribution in [0.2, 0.25) is 0 Å². The lowest BCUT2D eigenvalue weighted by molar-refractivity contribution is 0.353. The first kappa shape index (κ1) is 23.5. The molecule has 0 atom stereocenters. The van der Waals surface area contributed by atoms with E-state index in [1.165, 1.54) is 0 Å². The highest BCUT2D eigenvalue weighted by atomic mass is 127. The fourth-order valence-electron chi connectivity index (χ4n) is 3.16. The van der Waals surface area contributed by atoms with Gasteiger partial charge in [0.05, 0.1) is 35.5 Å². The zero-order chi connectivity index (χ0) is 20.4. The smallest absolute Gasteiger partial charge is 0.194 e. The molecule has 0 bridgehead atoms. The summed E-state index contributed by atoms with van der Waals surface area (Å²) in [5, 5.41) is 7.87. The first-order chi connectivity index (χ1) is 13.3. The molecule has 0 spiro atoms. The third kappa shape index (κ3) is 5.21. The topological polar surface area (TPSA) is 88.8 Å². The molecular weight excluding hydrogens is 505 g/mol. The SMILES string of the molecule is CN=C(NCc1ccn(-c2ccc(OC)cc2)n1)N1CCS(=O)(=O)C(C)(C)C1.I. The van der Waals surface area contributed by atoms with Crippen LogP contribution in [-0.4, -0.2) is 66.8 Å². The van der Waals surface area contributed by atoms with Crippen LogP contribution in [-0.2, 0) is 16.4 Å². The molecule has 0 unspecified atom stereocenters. The minimum absolute atomic E-state index is 0. The van der Waals surface area contributed by atoms with Crippen molar-refractivity contribution in [1.82, 2.24) is 20.0 Å². The lowest BCUT2D eigenvalue weighted by Gasteiger charge is -2.39. The second-order valence-corrected chi connectivity index (χ2v) is 10.1. The predicted molar refractivity (Wildman–Crippen MR) is 125 cm³/mol. The van der Waals surface area contributed by atoms with Crippen molar-refractivity contribution in [3.05, 3.63) is 42.2 Å². The largest absolute Gasteiger partial charge is 0.497 e. The van der Waals surface area contributed by atoms with Gasteiger partial charge in [0.25, 0.3) is 0 Å². The summed E-state index contributed by atoms with van der Waals surface area (Å²) in [5.41, 5.74) is 1.81. The van der Waals surface area contributed by atoms with E-state index in [1.54, 1.807) is 32.7 Å². The number of rotatable bonds is 4. The second-order valence-electron chi connectivity index (χ2n) is 7.35. The summed E-state index contributed by atoms with van der Waals surface area (Å²) >= 11 is 0. The van der Waals surface area contributed by atoms with Gasteiger partial charge in [0.1, 0.15) is 5.75 Å². The number of aliphatic imine (C=N–C) groups is 1. The van der Waals surface area contributed by atoms with Crippen LogP contribution >= 0.6 is 24.0 Å². The fraction of sp³-hybridized carbons (Fsp3) is 0.474. The minimum Gasteiger partial charge on any atom is -0.497 e. The van der Waals surface area contributed by atoms with Crippen molar-refractivity contribution in [3.63, 3.8) is 0 Å². The van der Waals surface area contributed by atoms with Crippen molar-refractivity contribution < 1.29 is 13.2 Å². The van der Waals surface area contributed by atoms with Crippen LogP contribution in [0.4, 0.5) is 0 Å². The summed E-state index contributed by atoms with van der Waals surface area (Å²) in [6.45, 7) is 4.87. The van der Waals surface area contributed by atoms with Gasteiger partial charge in [-0.2, -0.15) is 5.10 Å². The molecule has 0 saturated carbocycles. The Morgan fingerprint density at radius 1 is 1.28 bits per heavy atom. The molecule has 0 radical (unpaired) electrons. The molecule has 3 rings (SSSR count). The monoisotopic (exact) mass is 533 g/mol.